The van der Waals surface area contributed by atoms with E-state index in [4.69, 9.17) is 9.72 Å². The van der Waals surface area contributed by atoms with Gasteiger partial charge in [-0.25, -0.2) is 4.98 Å². The van der Waals surface area contributed by atoms with Crippen LogP contribution in [0.3, 0.4) is 0 Å². The summed E-state index contributed by atoms with van der Waals surface area (Å²) < 4.78 is 5.71. The zero-order valence-corrected chi connectivity index (χ0v) is 16.7. The molecule has 1 atom stereocenters. The van der Waals surface area contributed by atoms with Crippen LogP contribution < -0.4 is 10.6 Å². The van der Waals surface area contributed by atoms with Gasteiger partial charge in [-0.1, -0.05) is 60.7 Å². The molecule has 29 heavy (non-hydrogen) atoms. The van der Waals surface area contributed by atoms with Crippen molar-refractivity contribution >= 4 is 11.8 Å². The van der Waals surface area contributed by atoms with E-state index in [-0.39, 0.29) is 6.10 Å². The van der Waals surface area contributed by atoms with Gasteiger partial charge in [0.05, 0.1) is 11.8 Å². The van der Waals surface area contributed by atoms with E-state index in [0.29, 0.717) is 5.95 Å². The third kappa shape index (κ3) is 5.78. The van der Waals surface area contributed by atoms with Crippen molar-refractivity contribution in [2.75, 3.05) is 30.3 Å². The third-order valence-electron chi connectivity index (χ3n) is 5.10. The smallest absolute Gasteiger partial charge is 0.225 e. The van der Waals surface area contributed by atoms with E-state index < -0.39 is 0 Å². The molecule has 2 aromatic carbocycles. The van der Waals surface area contributed by atoms with Gasteiger partial charge in [0, 0.05) is 31.3 Å². The van der Waals surface area contributed by atoms with Gasteiger partial charge in [-0.05, 0) is 31.2 Å². The molecule has 1 aliphatic rings. The van der Waals surface area contributed by atoms with Crippen LogP contribution in [0.15, 0.2) is 66.7 Å². The number of hydrogen-bond donors (Lipinski definition) is 2. The lowest BCUT2D eigenvalue weighted by Crippen LogP contribution is -2.20. The van der Waals surface area contributed by atoms with Crippen molar-refractivity contribution in [2.24, 2.45) is 0 Å². The van der Waals surface area contributed by atoms with Crippen molar-refractivity contribution in [1.29, 1.82) is 0 Å². The first-order valence-electron chi connectivity index (χ1n) is 10.4. The summed E-state index contributed by atoms with van der Waals surface area (Å²) in [6.45, 7) is 2.46. The Hall–Kier alpha value is -2.92. The molecule has 0 radical (unpaired) electrons. The highest BCUT2D eigenvalue weighted by Crippen LogP contribution is 2.22. The van der Waals surface area contributed by atoms with E-state index in [9.17, 15) is 0 Å². The molecule has 5 nitrogen and oxygen atoms in total. The number of aromatic nitrogens is 2. The molecule has 1 aromatic heterocycles. The first kappa shape index (κ1) is 19.4. The number of benzene rings is 2. The minimum atomic E-state index is 0.251. The van der Waals surface area contributed by atoms with Crippen molar-refractivity contribution in [3.63, 3.8) is 0 Å². The van der Waals surface area contributed by atoms with Gasteiger partial charge in [0.2, 0.25) is 5.95 Å². The van der Waals surface area contributed by atoms with Crippen LogP contribution in [0.2, 0.25) is 0 Å². The standard InChI is InChI=1S/C24H28N4O/c1-3-9-19(10-4-1)11-7-15-25-23-17-22(20-12-5-2-6-13-20)27-24(28-23)26-18-21-14-8-16-29-21/h1-6,9-10,12-13,17,21H,7-8,11,14-16,18H2,(H2,25,26,27,28). The molecule has 1 saturated heterocycles. The summed E-state index contributed by atoms with van der Waals surface area (Å²) >= 11 is 0. The second kappa shape index (κ2) is 10.0. The average Bonchev–Trinajstić information content (AvgIpc) is 3.30. The second-order valence-electron chi connectivity index (χ2n) is 7.36. The van der Waals surface area contributed by atoms with Crippen molar-refractivity contribution in [3.05, 3.63) is 72.3 Å². The Labute approximate surface area is 172 Å². The summed E-state index contributed by atoms with van der Waals surface area (Å²) in [5.74, 6) is 1.49. The summed E-state index contributed by atoms with van der Waals surface area (Å²) in [7, 11) is 0. The quantitative estimate of drug-likeness (QED) is 0.517. The molecule has 1 fully saturated rings. The molecule has 0 saturated carbocycles. The van der Waals surface area contributed by atoms with Gasteiger partial charge < -0.3 is 15.4 Å². The maximum Gasteiger partial charge on any atom is 0.225 e. The van der Waals surface area contributed by atoms with Gasteiger partial charge >= 0.3 is 0 Å². The second-order valence-corrected chi connectivity index (χ2v) is 7.36. The minimum absolute atomic E-state index is 0.251. The van der Waals surface area contributed by atoms with E-state index in [1.807, 2.05) is 24.3 Å². The van der Waals surface area contributed by atoms with Crippen LogP contribution in [0.5, 0.6) is 0 Å². The minimum Gasteiger partial charge on any atom is -0.376 e. The lowest BCUT2D eigenvalue weighted by atomic mass is 10.1. The van der Waals surface area contributed by atoms with Crippen LogP contribution >= 0.6 is 0 Å². The monoisotopic (exact) mass is 388 g/mol. The molecule has 0 spiro atoms. The average molecular weight is 389 g/mol. The summed E-state index contributed by atoms with van der Waals surface area (Å²) in [4.78, 5) is 9.40. The predicted molar refractivity (Wildman–Crippen MR) is 118 cm³/mol. The molecule has 5 heteroatoms. The van der Waals surface area contributed by atoms with Crippen molar-refractivity contribution in [2.45, 2.75) is 31.8 Å². The maximum atomic E-state index is 5.71. The molecule has 1 unspecified atom stereocenters. The van der Waals surface area contributed by atoms with Crippen molar-refractivity contribution in [3.8, 4) is 11.3 Å². The van der Waals surface area contributed by atoms with Crippen molar-refractivity contribution < 1.29 is 4.74 Å². The SMILES string of the molecule is c1ccc(CCCNc2cc(-c3ccccc3)nc(NCC3CCCO3)n2)cc1. The summed E-state index contributed by atoms with van der Waals surface area (Å²) in [6.07, 6.45) is 4.57. The van der Waals surface area contributed by atoms with Gasteiger partial charge in [0.25, 0.3) is 0 Å². The number of ether oxygens (including phenoxy) is 1. The largest absolute Gasteiger partial charge is 0.376 e. The summed E-state index contributed by atoms with van der Waals surface area (Å²) in [6, 6.07) is 22.8. The van der Waals surface area contributed by atoms with Gasteiger partial charge in [-0.15, -0.1) is 0 Å². The maximum absolute atomic E-state index is 5.71. The van der Waals surface area contributed by atoms with Crippen LogP contribution in [0.1, 0.15) is 24.8 Å². The van der Waals surface area contributed by atoms with Crippen LogP contribution in [0, 0.1) is 0 Å². The molecule has 2 heterocycles. The molecular weight excluding hydrogens is 360 g/mol. The first-order chi connectivity index (χ1) is 14.4. The Balaban J connectivity index is 1.42. The fraction of sp³-hybridized carbons (Fsp3) is 0.333. The number of aryl methyl sites for hydroxylation is 1. The van der Waals surface area contributed by atoms with Gasteiger partial charge in [-0.3, -0.25) is 0 Å². The normalized spacial score (nSPS) is 15.9. The Morgan fingerprint density at radius 3 is 2.48 bits per heavy atom. The third-order valence-corrected chi connectivity index (χ3v) is 5.10. The highest BCUT2D eigenvalue weighted by atomic mass is 16.5. The van der Waals surface area contributed by atoms with Crippen molar-refractivity contribution in [1.82, 2.24) is 9.97 Å². The van der Waals surface area contributed by atoms with E-state index >= 15 is 0 Å². The van der Waals surface area contributed by atoms with Gasteiger partial charge in [-0.2, -0.15) is 4.98 Å². The zero-order valence-electron chi connectivity index (χ0n) is 16.7. The predicted octanol–water partition coefficient (Wildman–Crippen LogP) is 4.78. The van der Waals surface area contributed by atoms with Gasteiger partial charge in [0.15, 0.2) is 0 Å². The molecule has 150 valence electrons. The lowest BCUT2D eigenvalue weighted by molar-refractivity contribution is 0.120. The molecule has 4 rings (SSSR count). The van der Waals surface area contributed by atoms with E-state index in [1.54, 1.807) is 0 Å². The Kier molecular flexibility index (Phi) is 6.71. The Bertz CT molecular complexity index is 880. The Morgan fingerprint density at radius 1 is 0.931 bits per heavy atom. The molecule has 1 aliphatic heterocycles. The highest BCUT2D eigenvalue weighted by molar-refractivity contribution is 5.64. The number of nitrogens with zero attached hydrogens (tertiary/aromatic N) is 2. The van der Waals surface area contributed by atoms with Gasteiger partial charge in [0.1, 0.15) is 5.82 Å². The fourth-order valence-corrected chi connectivity index (χ4v) is 3.54. The lowest BCUT2D eigenvalue weighted by Gasteiger charge is -2.14. The van der Waals surface area contributed by atoms with Crippen LogP contribution in [0.4, 0.5) is 11.8 Å². The molecular formula is C24H28N4O. The first-order valence-corrected chi connectivity index (χ1v) is 10.4. The molecule has 2 N–H and O–H groups in total. The topological polar surface area (TPSA) is 59.1 Å². The van der Waals surface area contributed by atoms with Crippen LogP contribution in [-0.2, 0) is 11.2 Å². The van der Waals surface area contributed by atoms with E-state index in [1.165, 1.54) is 5.56 Å². The molecule has 0 bridgehead atoms. The number of rotatable bonds is 9. The highest BCUT2D eigenvalue weighted by Gasteiger charge is 2.16. The van der Waals surface area contributed by atoms with E-state index in [0.717, 1.165) is 62.5 Å². The molecule has 3 aromatic rings. The Morgan fingerprint density at radius 2 is 1.72 bits per heavy atom. The fourth-order valence-electron chi connectivity index (χ4n) is 3.54. The summed E-state index contributed by atoms with van der Waals surface area (Å²) in [5, 5.41) is 6.84. The number of nitrogens with one attached hydrogen (secondary N) is 2. The van der Waals surface area contributed by atoms with Crippen LogP contribution in [-0.4, -0.2) is 35.8 Å². The zero-order chi connectivity index (χ0) is 19.7. The molecule has 0 aliphatic carbocycles. The number of hydrogen-bond acceptors (Lipinski definition) is 5. The summed E-state index contributed by atoms with van der Waals surface area (Å²) in [5.41, 5.74) is 3.37. The molecule has 0 amide bonds. The number of anilines is 2. The van der Waals surface area contributed by atoms with E-state index in [2.05, 4.69) is 58.1 Å². The van der Waals surface area contributed by atoms with Crippen LogP contribution in [0.25, 0.3) is 11.3 Å².